The van der Waals surface area contributed by atoms with E-state index in [2.05, 4.69) is 22.9 Å². The second-order valence-corrected chi connectivity index (χ2v) is 12.3. The van der Waals surface area contributed by atoms with Crippen molar-refractivity contribution in [3.63, 3.8) is 0 Å². The van der Waals surface area contributed by atoms with Crippen LogP contribution >= 0.6 is 11.8 Å². The van der Waals surface area contributed by atoms with Gasteiger partial charge in [-0.3, -0.25) is 14.4 Å². The minimum Gasteiger partial charge on any atom is -0.494 e. The Morgan fingerprint density at radius 3 is 2.12 bits per heavy atom. The number of furan rings is 1. The van der Waals surface area contributed by atoms with Crippen molar-refractivity contribution in [2.45, 2.75) is 36.8 Å². The Morgan fingerprint density at radius 1 is 0.792 bits per heavy atom. The third-order valence-electron chi connectivity index (χ3n) is 7.18. The second-order valence-electron chi connectivity index (χ2n) is 10.9. The number of anilines is 2. The van der Waals surface area contributed by atoms with Gasteiger partial charge in [-0.05, 0) is 86.1 Å². The average molecular weight is 660 g/mol. The van der Waals surface area contributed by atoms with Crippen LogP contribution in [0.2, 0.25) is 0 Å². The van der Waals surface area contributed by atoms with Gasteiger partial charge in [0.25, 0.3) is 11.8 Å². The van der Waals surface area contributed by atoms with E-state index in [-0.39, 0.29) is 16.9 Å². The summed E-state index contributed by atoms with van der Waals surface area (Å²) < 4.78 is 11.7. The minimum absolute atomic E-state index is 0.0158. The molecule has 3 N–H and O–H groups in total. The number of ether oxygens (including phenoxy) is 1. The normalized spacial score (nSPS) is 11.8. The van der Waals surface area contributed by atoms with E-state index in [4.69, 9.17) is 9.15 Å². The van der Waals surface area contributed by atoms with Crippen molar-refractivity contribution in [3.8, 4) is 17.1 Å². The zero-order valence-corrected chi connectivity index (χ0v) is 27.6. The lowest BCUT2D eigenvalue weighted by Gasteiger charge is -2.14. The number of benzene rings is 4. The molecule has 0 aliphatic carbocycles. The van der Waals surface area contributed by atoms with E-state index < -0.39 is 11.8 Å². The van der Waals surface area contributed by atoms with E-state index in [0.29, 0.717) is 35.1 Å². The highest BCUT2D eigenvalue weighted by molar-refractivity contribution is 8.00. The molecule has 1 aromatic heterocycles. The molecular weight excluding hydrogens is 623 g/mol. The molecule has 0 fully saturated rings. The predicted octanol–water partition coefficient (Wildman–Crippen LogP) is 8.65. The summed E-state index contributed by atoms with van der Waals surface area (Å²) in [5.41, 5.74) is 2.54. The molecule has 1 heterocycles. The Labute approximate surface area is 284 Å². The molecule has 0 radical (unpaired) electrons. The molecule has 0 aliphatic rings. The zero-order chi connectivity index (χ0) is 33.7. The fourth-order valence-electron chi connectivity index (χ4n) is 4.56. The first kappa shape index (κ1) is 33.8. The Kier molecular flexibility index (Phi) is 11.9. The second kappa shape index (κ2) is 16.9. The van der Waals surface area contributed by atoms with E-state index in [1.807, 2.05) is 85.8 Å². The third-order valence-corrected chi connectivity index (χ3v) is 8.30. The Morgan fingerprint density at radius 2 is 1.44 bits per heavy atom. The summed E-state index contributed by atoms with van der Waals surface area (Å²) >= 11 is 1.40. The lowest BCUT2D eigenvalue weighted by Crippen LogP contribution is -2.30. The summed E-state index contributed by atoms with van der Waals surface area (Å²) in [5.74, 6) is 0.735. The van der Waals surface area contributed by atoms with Gasteiger partial charge in [-0.15, -0.1) is 11.8 Å². The van der Waals surface area contributed by atoms with Crippen LogP contribution < -0.4 is 20.7 Å². The van der Waals surface area contributed by atoms with Crippen molar-refractivity contribution < 1.29 is 23.5 Å². The van der Waals surface area contributed by atoms with Gasteiger partial charge >= 0.3 is 0 Å². The van der Waals surface area contributed by atoms with Crippen molar-refractivity contribution in [3.05, 3.63) is 138 Å². The van der Waals surface area contributed by atoms with Crippen molar-refractivity contribution in [2.24, 2.45) is 0 Å². The Bertz CT molecular complexity index is 1840. The van der Waals surface area contributed by atoms with Crippen LogP contribution in [0.4, 0.5) is 11.4 Å². The van der Waals surface area contributed by atoms with Crippen molar-refractivity contribution in [2.75, 3.05) is 17.2 Å². The van der Waals surface area contributed by atoms with Gasteiger partial charge in [0.1, 0.15) is 23.0 Å². The van der Waals surface area contributed by atoms with Gasteiger partial charge in [0.2, 0.25) is 5.91 Å². The molecule has 0 unspecified atom stereocenters. The highest BCUT2D eigenvalue weighted by atomic mass is 32.2. The SMILES string of the molecule is CCCCOc1ccc(NC(=O)[C@@H](C)Sc2ccc(NC(=O)/C(=C\c3ccc(-c4ccccc4)o3)NC(=O)c3ccccc3)cc2)cc1. The quantitative estimate of drug-likeness (QED) is 0.0626. The fraction of sp³-hybridized carbons (Fsp3) is 0.154. The number of carbonyl (C=O) groups excluding carboxylic acids is 3. The molecule has 9 heteroatoms. The van der Waals surface area contributed by atoms with E-state index in [1.165, 1.54) is 17.8 Å². The van der Waals surface area contributed by atoms with Crippen molar-refractivity contribution >= 4 is 46.9 Å². The van der Waals surface area contributed by atoms with Crippen molar-refractivity contribution in [1.82, 2.24) is 5.32 Å². The van der Waals surface area contributed by atoms with Crippen LogP contribution in [-0.2, 0) is 9.59 Å². The fourth-order valence-corrected chi connectivity index (χ4v) is 5.43. The van der Waals surface area contributed by atoms with E-state index >= 15 is 0 Å². The molecule has 1 atom stereocenters. The number of hydrogen-bond acceptors (Lipinski definition) is 6. The molecule has 5 rings (SSSR count). The molecule has 5 aromatic rings. The van der Waals surface area contributed by atoms with Gasteiger partial charge in [-0.2, -0.15) is 0 Å². The Hall–Kier alpha value is -5.54. The maximum Gasteiger partial charge on any atom is 0.272 e. The number of hydrogen-bond donors (Lipinski definition) is 3. The maximum atomic E-state index is 13.5. The van der Waals surface area contributed by atoms with Gasteiger partial charge < -0.3 is 25.1 Å². The van der Waals surface area contributed by atoms with Crippen LogP contribution in [0.5, 0.6) is 5.75 Å². The number of nitrogens with one attached hydrogen (secondary N) is 3. The molecule has 0 spiro atoms. The molecule has 0 aliphatic heterocycles. The average Bonchev–Trinajstić information content (AvgIpc) is 3.59. The van der Waals surface area contributed by atoms with Gasteiger partial charge in [-0.1, -0.05) is 61.9 Å². The number of carbonyl (C=O) groups is 3. The third kappa shape index (κ3) is 9.73. The molecule has 8 nitrogen and oxygen atoms in total. The lowest BCUT2D eigenvalue weighted by molar-refractivity contribution is -0.115. The summed E-state index contributed by atoms with van der Waals surface area (Å²) in [6.45, 7) is 4.62. The monoisotopic (exact) mass is 659 g/mol. The molecule has 48 heavy (non-hydrogen) atoms. The predicted molar refractivity (Wildman–Crippen MR) is 192 cm³/mol. The number of amides is 3. The Balaban J connectivity index is 1.22. The highest BCUT2D eigenvalue weighted by Gasteiger charge is 2.18. The zero-order valence-electron chi connectivity index (χ0n) is 26.8. The first-order chi connectivity index (χ1) is 23.4. The first-order valence-corrected chi connectivity index (χ1v) is 16.6. The summed E-state index contributed by atoms with van der Waals surface area (Å²) in [6, 6.07) is 36.3. The van der Waals surface area contributed by atoms with E-state index in [1.54, 1.807) is 42.5 Å². The van der Waals surface area contributed by atoms with E-state index in [0.717, 1.165) is 29.1 Å². The smallest absolute Gasteiger partial charge is 0.272 e. The standard InChI is InChI=1S/C39H37N3O5S/c1-3-4-25-46-32-19-15-30(16-20-32)40-37(43)27(2)48-34-22-17-31(18-23-34)41-39(45)35(42-38(44)29-13-9-6-10-14-29)26-33-21-24-36(47-33)28-11-7-5-8-12-28/h5-24,26-27H,3-4,25H2,1-2H3,(H,40,43)(H,41,45)(H,42,44)/b35-26+/t27-/m1/s1. The maximum absolute atomic E-state index is 13.5. The first-order valence-electron chi connectivity index (χ1n) is 15.7. The van der Waals surface area contributed by atoms with Crippen LogP contribution in [0.15, 0.2) is 136 Å². The summed E-state index contributed by atoms with van der Waals surface area (Å²) in [6.07, 6.45) is 3.56. The summed E-state index contributed by atoms with van der Waals surface area (Å²) in [5, 5.41) is 8.15. The summed E-state index contributed by atoms with van der Waals surface area (Å²) in [4.78, 5) is 40.2. The molecule has 3 amide bonds. The molecule has 0 saturated heterocycles. The van der Waals surface area contributed by atoms with Gasteiger partial charge in [0.15, 0.2) is 0 Å². The molecule has 0 bridgehead atoms. The summed E-state index contributed by atoms with van der Waals surface area (Å²) in [7, 11) is 0. The van der Waals surface area contributed by atoms with Crippen LogP contribution in [0.3, 0.4) is 0 Å². The van der Waals surface area contributed by atoms with E-state index in [9.17, 15) is 14.4 Å². The van der Waals surface area contributed by atoms with Crippen LogP contribution in [0, 0.1) is 0 Å². The van der Waals surface area contributed by atoms with Gasteiger partial charge in [0.05, 0.1) is 11.9 Å². The number of unbranched alkanes of at least 4 members (excludes halogenated alkanes) is 1. The molecule has 4 aromatic carbocycles. The largest absolute Gasteiger partial charge is 0.494 e. The van der Waals surface area contributed by atoms with Crippen LogP contribution in [0.25, 0.3) is 17.4 Å². The van der Waals surface area contributed by atoms with Gasteiger partial charge in [-0.25, -0.2) is 0 Å². The lowest BCUT2D eigenvalue weighted by atomic mass is 10.2. The number of thioether (sulfide) groups is 1. The topological polar surface area (TPSA) is 110 Å². The molecular formula is C39H37N3O5S. The number of rotatable bonds is 14. The van der Waals surface area contributed by atoms with Crippen LogP contribution in [0.1, 0.15) is 42.8 Å². The molecule has 0 saturated carbocycles. The van der Waals surface area contributed by atoms with Crippen LogP contribution in [-0.4, -0.2) is 29.6 Å². The van der Waals surface area contributed by atoms with Gasteiger partial charge in [0, 0.05) is 33.5 Å². The molecule has 244 valence electrons. The highest BCUT2D eigenvalue weighted by Crippen LogP contribution is 2.27. The van der Waals surface area contributed by atoms with Crippen molar-refractivity contribution in [1.29, 1.82) is 0 Å². The minimum atomic E-state index is -0.521.